The Morgan fingerprint density at radius 2 is 1.82 bits per heavy atom. The van der Waals surface area contributed by atoms with Crippen molar-refractivity contribution in [1.29, 1.82) is 0 Å². The van der Waals surface area contributed by atoms with Gasteiger partial charge in [-0.05, 0) is 88.9 Å². The second-order valence-electron chi connectivity index (χ2n) is 10.1. The molecule has 0 bridgehead atoms. The van der Waals surface area contributed by atoms with Crippen LogP contribution in [-0.4, -0.2) is 49.3 Å². The normalized spacial score (nSPS) is 16.1. The number of aliphatic hydroxyl groups is 1. The zero-order valence-corrected chi connectivity index (χ0v) is 21.3. The van der Waals surface area contributed by atoms with Gasteiger partial charge >= 0.3 is 16.2 Å². The van der Waals surface area contributed by atoms with Crippen molar-refractivity contribution in [1.82, 2.24) is 4.90 Å². The van der Waals surface area contributed by atoms with E-state index < -0.39 is 27.9 Å². The fourth-order valence-corrected chi connectivity index (χ4v) is 4.47. The summed E-state index contributed by atoms with van der Waals surface area (Å²) in [6.07, 6.45) is -0.0162. The van der Waals surface area contributed by atoms with Crippen molar-refractivity contribution >= 4 is 16.2 Å². The van der Waals surface area contributed by atoms with Gasteiger partial charge in [0, 0.05) is 7.05 Å². The Kier molecular flexibility index (Phi) is 7.19. The van der Waals surface area contributed by atoms with E-state index in [0.717, 1.165) is 18.4 Å². The molecule has 1 aliphatic heterocycles. The first-order valence-electron chi connectivity index (χ1n) is 11.1. The highest BCUT2D eigenvalue weighted by atomic mass is 32.2. The molecule has 1 N–H and O–H groups in total. The first-order chi connectivity index (χ1) is 15.7. The average molecular weight is 492 g/mol. The third-order valence-corrected chi connectivity index (χ3v) is 6.57. The monoisotopic (exact) mass is 491 g/mol. The fraction of sp³-hybridized carbons (Fsp3) is 0.480. The molecule has 0 saturated heterocycles. The molecule has 1 unspecified atom stereocenters. The Balaban J connectivity index is 1.65. The van der Waals surface area contributed by atoms with E-state index >= 15 is 0 Å². The second kappa shape index (κ2) is 9.46. The highest BCUT2D eigenvalue weighted by Crippen LogP contribution is 2.34. The topological polar surface area (TPSA) is 102 Å². The predicted octanol–water partition coefficient (Wildman–Crippen LogP) is 4.46. The number of likely N-dealkylation sites (N-methyl/N-ethyl adjacent to an activating group) is 1. The molecule has 1 aliphatic rings. The van der Waals surface area contributed by atoms with E-state index in [1.807, 2.05) is 13.8 Å². The number of ether oxygens (including phenoxy) is 2. The molecule has 2 aromatic carbocycles. The van der Waals surface area contributed by atoms with E-state index in [9.17, 15) is 18.3 Å². The zero-order chi connectivity index (χ0) is 25.3. The van der Waals surface area contributed by atoms with E-state index in [-0.39, 0.29) is 22.8 Å². The van der Waals surface area contributed by atoms with Crippen molar-refractivity contribution in [2.45, 2.75) is 69.7 Å². The molecule has 0 aliphatic carbocycles. The largest absolute Gasteiger partial charge is 0.488 e. The summed E-state index contributed by atoms with van der Waals surface area (Å²) >= 11 is 0. The molecule has 2 aromatic rings. The summed E-state index contributed by atoms with van der Waals surface area (Å²) in [7, 11) is -2.51. The van der Waals surface area contributed by atoms with Crippen molar-refractivity contribution in [2.75, 3.05) is 13.6 Å². The summed E-state index contributed by atoms with van der Waals surface area (Å²) in [5.74, 6) is 0.802. The summed E-state index contributed by atoms with van der Waals surface area (Å²) < 4.78 is 42.1. The first kappa shape index (κ1) is 25.8. The molecular formula is C25H33NO7S. The van der Waals surface area contributed by atoms with Gasteiger partial charge in [-0.3, -0.25) is 0 Å². The van der Waals surface area contributed by atoms with Crippen LogP contribution in [0.4, 0.5) is 4.79 Å². The van der Waals surface area contributed by atoms with Crippen molar-refractivity contribution in [3.05, 3.63) is 53.6 Å². The predicted molar refractivity (Wildman–Crippen MR) is 128 cm³/mol. The van der Waals surface area contributed by atoms with E-state index in [1.165, 1.54) is 30.1 Å². The minimum Gasteiger partial charge on any atom is -0.488 e. The van der Waals surface area contributed by atoms with E-state index in [4.69, 9.17) is 13.7 Å². The third-order valence-electron chi connectivity index (χ3n) is 5.33. The molecule has 1 heterocycles. The lowest BCUT2D eigenvalue weighted by atomic mass is 9.94. The van der Waals surface area contributed by atoms with Gasteiger partial charge in [0.1, 0.15) is 27.6 Å². The van der Waals surface area contributed by atoms with E-state index in [1.54, 1.807) is 45.0 Å². The van der Waals surface area contributed by atoms with Gasteiger partial charge in [-0.15, -0.1) is 0 Å². The number of hydrogen-bond acceptors (Lipinski definition) is 7. The van der Waals surface area contributed by atoms with E-state index in [0.29, 0.717) is 11.3 Å². The molecule has 0 fully saturated rings. The third kappa shape index (κ3) is 6.64. The number of fused-ring (bicyclic) bond motifs is 1. The fourth-order valence-electron chi connectivity index (χ4n) is 3.49. The van der Waals surface area contributed by atoms with Crippen molar-refractivity contribution < 1.29 is 32.0 Å². The highest BCUT2D eigenvalue weighted by molar-refractivity contribution is 7.87. The van der Waals surface area contributed by atoms with Gasteiger partial charge in [0.05, 0.1) is 12.6 Å². The van der Waals surface area contributed by atoms with Gasteiger partial charge < -0.3 is 23.7 Å². The molecule has 0 aromatic heterocycles. The molecule has 1 amide bonds. The number of aliphatic hydroxyl groups excluding tert-OH is 1. The summed E-state index contributed by atoms with van der Waals surface area (Å²) in [6, 6.07) is 10.8. The number of hydrogen-bond donors (Lipinski definition) is 1. The van der Waals surface area contributed by atoms with Gasteiger partial charge in [-0.25, -0.2) is 4.79 Å². The van der Waals surface area contributed by atoms with Crippen LogP contribution in [0.1, 0.15) is 58.3 Å². The lowest BCUT2D eigenvalue weighted by molar-refractivity contribution is 0.0205. The Labute approximate surface area is 201 Å². The highest BCUT2D eigenvalue weighted by Gasteiger charge is 2.28. The van der Waals surface area contributed by atoms with Crippen LogP contribution in [0.15, 0.2) is 47.4 Å². The summed E-state index contributed by atoms with van der Waals surface area (Å²) in [4.78, 5) is 13.4. The number of benzene rings is 2. The lowest BCUT2D eigenvalue weighted by Gasteiger charge is -2.32. The molecule has 0 saturated carbocycles. The molecule has 1 atom stereocenters. The number of amides is 1. The van der Waals surface area contributed by atoms with Crippen LogP contribution in [0.25, 0.3) is 0 Å². The van der Waals surface area contributed by atoms with Crippen LogP contribution in [-0.2, 0) is 21.3 Å². The summed E-state index contributed by atoms with van der Waals surface area (Å²) in [6.45, 7) is 9.31. The van der Waals surface area contributed by atoms with Gasteiger partial charge in [-0.1, -0.05) is 12.1 Å². The van der Waals surface area contributed by atoms with Crippen molar-refractivity contribution in [3.8, 4) is 11.5 Å². The Morgan fingerprint density at radius 1 is 1.18 bits per heavy atom. The first-order valence-corrected chi connectivity index (χ1v) is 12.5. The average Bonchev–Trinajstić information content (AvgIpc) is 2.71. The van der Waals surface area contributed by atoms with Crippen LogP contribution in [0.2, 0.25) is 0 Å². The molecule has 8 nitrogen and oxygen atoms in total. The maximum atomic E-state index is 12.8. The van der Waals surface area contributed by atoms with Gasteiger partial charge in [0.15, 0.2) is 0 Å². The number of carbonyl (C=O) groups is 1. The van der Waals surface area contributed by atoms with Crippen LogP contribution >= 0.6 is 0 Å². The molecular weight excluding hydrogens is 458 g/mol. The molecule has 34 heavy (non-hydrogen) atoms. The molecule has 0 radical (unpaired) electrons. The SMILES string of the molecule is CN(CC(O)c1ccc(OS(=O)(=O)c2ccc3c(c2)CCC(C)(C)O3)cc1)C(=O)OC(C)(C)C. The number of carbonyl (C=O) groups excluding carboxylic acids is 1. The van der Waals surface area contributed by atoms with Crippen LogP contribution < -0.4 is 8.92 Å². The lowest BCUT2D eigenvalue weighted by Crippen LogP contribution is -2.36. The number of aryl methyl sites for hydroxylation is 1. The summed E-state index contributed by atoms with van der Waals surface area (Å²) in [5.41, 5.74) is 0.422. The quantitative estimate of drug-likeness (QED) is 0.595. The minimum atomic E-state index is -4.04. The van der Waals surface area contributed by atoms with Gasteiger partial charge in [0.2, 0.25) is 0 Å². The van der Waals surface area contributed by atoms with Gasteiger partial charge in [-0.2, -0.15) is 8.42 Å². The summed E-state index contributed by atoms with van der Waals surface area (Å²) in [5, 5.41) is 10.5. The minimum absolute atomic E-state index is 0.0153. The Morgan fingerprint density at radius 3 is 2.44 bits per heavy atom. The molecule has 9 heteroatoms. The molecule has 3 rings (SSSR count). The maximum absolute atomic E-state index is 12.8. The molecule has 186 valence electrons. The van der Waals surface area contributed by atoms with Crippen LogP contribution in [0.3, 0.4) is 0 Å². The zero-order valence-electron chi connectivity index (χ0n) is 20.5. The Bertz CT molecular complexity index is 1130. The standard InChI is InChI=1S/C25H33NO7S/c1-24(2,3)32-23(28)26(6)16-21(27)17-7-9-19(10-8-17)33-34(29,30)20-11-12-22-18(15-20)13-14-25(4,5)31-22/h7-12,15,21,27H,13-14,16H2,1-6H3. The number of nitrogens with zero attached hydrogens (tertiary/aromatic N) is 1. The Hall–Kier alpha value is -2.78. The number of rotatable bonds is 6. The maximum Gasteiger partial charge on any atom is 0.410 e. The second-order valence-corrected chi connectivity index (χ2v) is 11.7. The smallest absolute Gasteiger partial charge is 0.410 e. The van der Waals surface area contributed by atoms with Gasteiger partial charge in [0.25, 0.3) is 0 Å². The van der Waals surface area contributed by atoms with Crippen LogP contribution in [0.5, 0.6) is 11.5 Å². The molecule has 0 spiro atoms. The van der Waals surface area contributed by atoms with Crippen molar-refractivity contribution in [3.63, 3.8) is 0 Å². The van der Waals surface area contributed by atoms with Crippen molar-refractivity contribution in [2.24, 2.45) is 0 Å². The van der Waals surface area contributed by atoms with Crippen LogP contribution in [0, 0.1) is 0 Å². The van der Waals surface area contributed by atoms with E-state index in [2.05, 4.69) is 0 Å².